The molecule has 0 unspecified atom stereocenters. The summed E-state index contributed by atoms with van der Waals surface area (Å²) in [5.74, 6) is 1.48. The number of hydrogen-bond acceptors (Lipinski definition) is 5. The van der Waals surface area contributed by atoms with E-state index in [1.165, 1.54) is 16.9 Å². The zero-order chi connectivity index (χ0) is 17.6. The van der Waals surface area contributed by atoms with Crippen LogP contribution in [0.4, 0.5) is 0 Å². The summed E-state index contributed by atoms with van der Waals surface area (Å²) in [6, 6.07) is 2.27. The van der Waals surface area contributed by atoms with E-state index in [0.717, 1.165) is 43.1 Å². The fourth-order valence-electron chi connectivity index (χ4n) is 4.32. The second-order valence-electron chi connectivity index (χ2n) is 7.79. The van der Waals surface area contributed by atoms with Crippen LogP contribution in [0.5, 0.6) is 0 Å². The maximum absolute atomic E-state index is 12.9. The van der Waals surface area contributed by atoms with Crippen LogP contribution in [-0.2, 0) is 22.7 Å². The molecule has 1 aromatic heterocycles. The molecule has 1 aromatic rings. The first-order valence-electron chi connectivity index (χ1n) is 9.26. The van der Waals surface area contributed by atoms with Crippen LogP contribution in [0.25, 0.3) is 0 Å². The van der Waals surface area contributed by atoms with E-state index >= 15 is 0 Å². The summed E-state index contributed by atoms with van der Waals surface area (Å²) < 4.78 is 23.3. The number of nitrogens with zero attached hydrogens (tertiary/aromatic N) is 2. The molecule has 2 aliphatic heterocycles. The Bertz CT molecular complexity index is 763. The SMILES string of the molecule is C[C@@H]1CCc2sc(C(=O)N3CCN([C@H]4CCS(=O)(=O)C4)CC3)cc2C1. The average molecular weight is 383 g/mol. The summed E-state index contributed by atoms with van der Waals surface area (Å²) in [5.41, 5.74) is 1.38. The van der Waals surface area contributed by atoms with E-state index in [1.54, 1.807) is 11.3 Å². The van der Waals surface area contributed by atoms with Crippen LogP contribution in [0.1, 0.15) is 39.9 Å². The largest absolute Gasteiger partial charge is 0.335 e. The predicted octanol–water partition coefficient (Wildman–Crippen LogP) is 1.82. The number of sulfone groups is 1. The molecular weight excluding hydrogens is 356 g/mol. The van der Waals surface area contributed by atoms with Crippen molar-refractivity contribution in [2.45, 2.75) is 38.6 Å². The summed E-state index contributed by atoms with van der Waals surface area (Å²) in [6.45, 7) is 5.26. The van der Waals surface area contributed by atoms with Gasteiger partial charge >= 0.3 is 0 Å². The first-order valence-corrected chi connectivity index (χ1v) is 11.9. The number of hydrogen-bond donors (Lipinski definition) is 0. The lowest BCUT2D eigenvalue weighted by atomic mass is 9.90. The van der Waals surface area contributed by atoms with Gasteiger partial charge in [0.25, 0.3) is 5.91 Å². The Morgan fingerprint density at radius 3 is 2.64 bits per heavy atom. The molecule has 0 radical (unpaired) electrons. The third-order valence-electron chi connectivity index (χ3n) is 5.87. The molecule has 0 spiro atoms. The Labute approximate surface area is 153 Å². The van der Waals surface area contributed by atoms with Crippen molar-refractivity contribution in [2.75, 3.05) is 37.7 Å². The number of carbonyl (C=O) groups is 1. The molecule has 1 amide bonds. The fourth-order valence-corrected chi connectivity index (χ4v) is 7.26. The molecule has 5 nitrogen and oxygen atoms in total. The van der Waals surface area contributed by atoms with Gasteiger partial charge in [-0.2, -0.15) is 0 Å². The minimum atomic E-state index is -2.84. The van der Waals surface area contributed by atoms with Crippen LogP contribution in [-0.4, -0.2) is 67.9 Å². The van der Waals surface area contributed by atoms with Gasteiger partial charge in [0, 0.05) is 37.1 Å². The van der Waals surface area contributed by atoms with Crippen LogP contribution in [0, 0.1) is 5.92 Å². The Balaban J connectivity index is 1.37. The molecule has 0 N–H and O–H groups in total. The van der Waals surface area contributed by atoms with E-state index in [1.807, 2.05) is 4.90 Å². The van der Waals surface area contributed by atoms with Crippen molar-refractivity contribution in [2.24, 2.45) is 5.92 Å². The van der Waals surface area contributed by atoms with Gasteiger partial charge in [-0.05, 0) is 43.2 Å². The molecule has 4 rings (SSSR count). The summed E-state index contributed by atoms with van der Waals surface area (Å²) in [7, 11) is -2.84. The highest BCUT2D eigenvalue weighted by Gasteiger charge is 2.34. The van der Waals surface area contributed by atoms with Crippen molar-refractivity contribution in [3.63, 3.8) is 0 Å². The van der Waals surface area contributed by atoms with E-state index in [4.69, 9.17) is 0 Å². The van der Waals surface area contributed by atoms with Gasteiger partial charge in [-0.15, -0.1) is 11.3 Å². The van der Waals surface area contributed by atoms with Crippen molar-refractivity contribution in [1.82, 2.24) is 9.80 Å². The van der Waals surface area contributed by atoms with Gasteiger partial charge in [-0.3, -0.25) is 9.69 Å². The first kappa shape index (κ1) is 17.5. The lowest BCUT2D eigenvalue weighted by molar-refractivity contribution is 0.0592. The smallest absolute Gasteiger partial charge is 0.264 e. The molecule has 138 valence electrons. The van der Waals surface area contributed by atoms with E-state index in [-0.39, 0.29) is 17.7 Å². The van der Waals surface area contributed by atoms with Crippen LogP contribution < -0.4 is 0 Å². The topological polar surface area (TPSA) is 57.7 Å². The molecule has 3 heterocycles. The van der Waals surface area contributed by atoms with Crippen molar-refractivity contribution in [3.05, 3.63) is 21.4 Å². The fraction of sp³-hybridized carbons (Fsp3) is 0.722. The number of rotatable bonds is 2. The lowest BCUT2D eigenvalue weighted by Gasteiger charge is -2.37. The van der Waals surface area contributed by atoms with Gasteiger partial charge < -0.3 is 4.90 Å². The average Bonchev–Trinajstić information content (AvgIpc) is 3.17. The summed E-state index contributed by atoms with van der Waals surface area (Å²) in [6.07, 6.45) is 4.18. The molecule has 2 fully saturated rings. The maximum Gasteiger partial charge on any atom is 0.264 e. The van der Waals surface area contributed by atoms with Gasteiger partial charge in [-0.25, -0.2) is 8.42 Å². The number of thiophene rings is 1. The van der Waals surface area contributed by atoms with E-state index in [2.05, 4.69) is 17.9 Å². The Hall–Kier alpha value is -0.920. The molecular formula is C18H26N2O3S2. The molecule has 3 aliphatic rings. The van der Waals surface area contributed by atoms with Gasteiger partial charge in [-0.1, -0.05) is 6.92 Å². The van der Waals surface area contributed by atoms with E-state index < -0.39 is 9.84 Å². The zero-order valence-corrected chi connectivity index (χ0v) is 16.4. The third kappa shape index (κ3) is 3.64. The highest BCUT2D eigenvalue weighted by molar-refractivity contribution is 7.91. The molecule has 0 bridgehead atoms. The third-order valence-corrected chi connectivity index (χ3v) is 8.84. The van der Waals surface area contributed by atoms with Crippen LogP contribution in [0.3, 0.4) is 0 Å². The monoisotopic (exact) mass is 382 g/mol. The molecule has 0 saturated carbocycles. The molecule has 2 saturated heterocycles. The van der Waals surface area contributed by atoms with Gasteiger partial charge in [0.05, 0.1) is 16.4 Å². The highest BCUT2D eigenvalue weighted by atomic mass is 32.2. The summed E-state index contributed by atoms with van der Waals surface area (Å²) in [5, 5.41) is 0. The van der Waals surface area contributed by atoms with Crippen molar-refractivity contribution < 1.29 is 13.2 Å². The highest BCUT2D eigenvalue weighted by Crippen LogP contribution is 2.33. The Kier molecular flexibility index (Phi) is 4.67. The predicted molar refractivity (Wildman–Crippen MR) is 100 cm³/mol. The molecule has 0 aromatic carbocycles. The normalized spacial score (nSPS) is 29.6. The van der Waals surface area contributed by atoms with Crippen molar-refractivity contribution in [1.29, 1.82) is 0 Å². The minimum Gasteiger partial charge on any atom is -0.335 e. The van der Waals surface area contributed by atoms with Crippen LogP contribution in [0.15, 0.2) is 6.07 Å². The summed E-state index contributed by atoms with van der Waals surface area (Å²) >= 11 is 1.68. The van der Waals surface area contributed by atoms with E-state index in [9.17, 15) is 13.2 Å². The molecule has 2 atom stereocenters. The van der Waals surface area contributed by atoms with E-state index in [0.29, 0.717) is 18.8 Å². The number of fused-ring (bicyclic) bond motifs is 1. The minimum absolute atomic E-state index is 0.151. The first-order chi connectivity index (χ1) is 11.9. The molecule has 25 heavy (non-hydrogen) atoms. The maximum atomic E-state index is 12.9. The van der Waals surface area contributed by atoms with Gasteiger partial charge in [0.15, 0.2) is 9.84 Å². The second kappa shape index (κ2) is 6.67. The quantitative estimate of drug-likeness (QED) is 0.783. The zero-order valence-electron chi connectivity index (χ0n) is 14.7. The number of carbonyl (C=O) groups excluding carboxylic acids is 1. The van der Waals surface area contributed by atoms with Gasteiger partial charge in [0.2, 0.25) is 0 Å². The molecule has 1 aliphatic carbocycles. The summed E-state index contributed by atoms with van der Waals surface area (Å²) in [4.78, 5) is 19.3. The molecule has 7 heteroatoms. The second-order valence-corrected chi connectivity index (χ2v) is 11.2. The standard InChI is InChI=1S/C18H26N2O3S2/c1-13-2-3-16-14(10-13)11-17(24-16)18(21)20-7-5-19(6-8-20)15-4-9-25(22,23)12-15/h11,13,15H,2-10,12H2,1H3/t13-,15+/m1/s1. The Morgan fingerprint density at radius 1 is 1.20 bits per heavy atom. The number of aryl methyl sites for hydroxylation is 1. The van der Waals surface area contributed by atoms with Crippen LogP contribution >= 0.6 is 11.3 Å². The lowest BCUT2D eigenvalue weighted by Crippen LogP contribution is -2.52. The Morgan fingerprint density at radius 2 is 1.96 bits per heavy atom. The van der Waals surface area contributed by atoms with Crippen molar-refractivity contribution >= 4 is 27.1 Å². The van der Waals surface area contributed by atoms with Crippen LogP contribution in [0.2, 0.25) is 0 Å². The number of piperazine rings is 1. The van der Waals surface area contributed by atoms with Gasteiger partial charge in [0.1, 0.15) is 0 Å². The van der Waals surface area contributed by atoms with Crippen molar-refractivity contribution in [3.8, 4) is 0 Å². The number of amides is 1.